The summed E-state index contributed by atoms with van der Waals surface area (Å²) in [5.74, 6) is 2.06. The number of benzene rings is 2. The van der Waals surface area contributed by atoms with E-state index in [4.69, 9.17) is 21.1 Å². The van der Waals surface area contributed by atoms with Crippen LogP contribution >= 0.6 is 11.6 Å². The zero-order valence-electron chi connectivity index (χ0n) is 21.7. The fourth-order valence-corrected chi connectivity index (χ4v) is 5.24. The Balaban J connectivity index is 1.26. The lowest BCUT2D eigenvalue weighted by Gasteiger charge is -2.34. The topological polar surface area (TPSA) is 115 Å². The summed E-state index contributed by atoms with van der Waals surface area (Å²) in [7, 11) is 0. The Kier molecular flexibility index (Phi) is 6.90. The second kappa shape index (κ2) is 10.6. The number of aliphatic hydroxyl groups is 1. The molecule has 0 aliphatic carbocycles. The Hall–Kier alpha value is -3.99. The lowest BCUT2D eigenvalue weighted by Crippen LogP contribution is -2.43. The molecule has 4 aromatic rings. The monoisotopic (exact) mass is 544 g/mol. The highest BCUT2D eigenvalue weighted by atomic mass is 35.5. The van der Waals surface area contributed by atoms with Gasteiger partial charge in [0.15, 0.2) is 6.23 Å². The highest BCUT2D eigenvalue weighted by Gasteiger charge is 2.30. The second-order valence-corrected chi connectivity index (χ2v) is 9.88. The van der Waals surface area contributed by atoms with E-state index in [1.165, 1.54) is 5.69 Å². The second-order valence-electron chi connectivity index (χ2n) is 9.47. The molecule has 0 spiro atoms. The molecule has 1 fully saturated rings. The zero-order valence-corrected chi connectivity index (χ0v) is 22.5. The Morgan fingerprint density at radius 1 is 1.13 bits per heavy atom. The maximum atomic E-state index is 11.3. The van der Waals surface area contributed by atoms with Gasteiger partial charge in [-0.05, 0) is 43.3 Å². The number of nitrogens with zero attached hydrogens (tertiary/aromatic N) is 6. The average molecular weight is 545 g/mol. The van der Waals surface area contributed by atoms with Crippen LogP contribution in [0.3, 0.4) is 0 Å². The van der Waals surface area contributed by atoms with Crippen LogP contribution in [0, 0.1) is 6.92 Å². The van der Waals surface area contributed by atoms with Gasteiger partial charge in [0, 0.05) is 84.5 Å². The molecule has 0 saturated carbocycles. The maximum absolute atomic E-state index is 11.3. The van der Waals surface area contributed by atoms with Crippen molar-refractivity contribution in [3.63, 3.8) is 0 Å². The van der Waals surface area contributed by atoms with Crippen LogP contribution in [0.4, 0.5) is 23.1 Å². The molecular weight excluding hydrogens is 516 g/mol. The van der Waals surface area contributed by atoms with E-state index in [2.05, 4.69) is 42.8 Å². The predicted octanol–water partition coefficient (Wildman–Crippen LogP) is 4.34. The van der Waals surface area contributed by atoms with Crippen LogP contribution in [0.1, 0.15) is 23.9 Å². The summed E-state index contributed by atoms with van der Waals surface area (Å²) in [6.45, 7) is 8.24. The molecule has 4 heterocycles. The Morgan fingerprint density at radius 2 is 1.92 bits per heavy atom. The van der Waals surface area contributed by atoms with Crippen molar-refractivity contribution < 1.29 is 9.63 Å². The first-order chi connectivity index (χ1) is 19.0. The lowest BCUT2D eigenvalue weighted by atomic mass is 9.96. The van der Waals surface area contributed by atoms with Gasteiger partial charge in [0.1, 0.15) is 5.82 Å². The summed E-state index contributed by atoms with van der Waals surface area (Å²) in [5.41, 5.74) is 5.01. The third-order valence-corrected chi connectivity index (χ3v) is 7.28. The van der Waals surface area contributed by atoms with E-state index in [1.54, 1.807) is 19.2 Å². The van der Waals surface area contributed by atoms with Crippen LogP contribution in [0.15, 0.2) is 53.2 Å². The summed E-state index contributed by atoms with van der Waals surface area (Å²) < 4.78 is 5.08. The van der Waals surface area contributed by atoms with E-state index in [1.807, 2.05) is 42.2 Å². The van der Waals surface area contributed by atoms with Crippen LogP contribution < -0.4 is 20.4 Å². The molecule has 2 aromatic carbocycles. The Labute approximate surface area is 231 Å². The third-order valence-electron chi connectivity index (χ3n) is 6.96. The van der Waals surface area contributed by atoms with Gasteiger partial charge in [0.05, 0.1) is 0 Å². The van der Waals surface area contributed by atoms with Crippen molar-refractivity contribution in [2.24, 2.45) is 0 Å². The highest BCUT2D eigenvalue weighted by molar-refractivity contribution is 6.33. The Morgan fingerprint density at radius 3 is 2.62 bits per heavy atom. The van der Waals surface area contributed by atoms with Gasteiger partial charge in [0.2, 0.25) is 17.7 Å². The number of fused-ring (bicyclic) bond motifs is 1. The molecule has 3 N–H and O–H groups in total. The van der Waals surface area contributed by atoms with Gasteiger partial charge in [-0.3, -0.25) is 0 Å². The predicted molar refractivity (Wildman–Crippen MR) is 153 cm³/mol. The van der Waals surface area contributed by atoms with Crippen molar-refractivity contribution in [2.75, 3.05) is 47.8 Å². The van der Waals surface area contributed by atoms with E-state index in [9.17, 15) is 5.11 Å². The molecule has 6 rings (SSSR count). The summed E-state index contributed by atoms with van der Waals surface area (Å²) in [5, 5.41) is 22.5. The van der Waals surface area contributed by atoms with Crippen LogP contribution in [-0.2, 0) is 0 Å². The fraction of sp³-hybridized carbons (Fsp3) is 0.286. The first-order valence-electron chi connectivity index (χ1n) is 13.0. The summed E-state index contributed by atoms with van der Waals surface area (Å²) in [6, 6.07) is 13.8. The van der Waals surface area contributed by atoms with Gasteiger partial charge >= 0.3 is 0 Å². The van der Waals surface area contributed by atoms with Crippen LogP contribution in [-0.4, -0.2) is 64.2 Å². The SMILES string of the molecule is CCN1c2nc(Nc3ccc(N4CCNCC4)cc3)ncc2C=C(c2ccc(-c3noc(C)n3)cc2Cl)C1O. The first kappa shape index (κ1) is 25.3. The minimum Gasteiger partial charge on any atom is -0.369 e. The van der Waals surface area contributed by atoms with E-state index >= 15 is 0 Å². The van der Waals surface area contributed by atoms with Crippen LogP contribution in [0.2, 0.25) is 5.02 Å². The molecule has 39 heavy (non-hydrogen) atoms. The number of aliphatic hydroxyl groups excluding tert-OH is 1. The standard InChI is InChI=1S/C28H29ClN8O2/c1-3-37-26-19(14-23(27(37)38)22-9-4-18(15-24(22)29)25-32-17(2)39-35-25)16-31-28(34-26)33-20-5-7-21(8-6-20)36-12-10-30-11-13-36/h4-9,14-16,27,30,38H,3,10-13H2,1-2H3,(H,31,33,34). The lowest BCUT2D eigenvalue weighted by molar-refractivity contribution is 0.225. The largest absolute Gasteiger partial charge is 0.369 e. The number of nitrogens with one attached hydrogen (secondary N) is 2. The van der Waals surface area contributed by atoms with Crippen LogP contribution in [0.5, 0.6) is 0 Å². The van der Waals surface area contributed by atoms with Crippen LogP contribution in [0.25, 0.3) is 23.0 Å². The molecule has 0 amide bonds. The van der Waals surface area contributed by atoms with Gasteiger partial charge in [-0.1, -0.05) is 28.9 Å². The van der Waals surface area contributed by atoms with Crippen molar-refractivity contribution in [2.45, 2.75) is 20.1 Å². The summed E-state index contributed by atoms with van der Waals surface area (Å²) in [6.07, 6.45) is 2.72. The molecular formula is C28H29ClN8O2. The number of aromatic nitrogens is 4. The molecule has 0 radical (unpaired) electrons. The number of hydrogen-bond donors (Lipinski definition) is 3. The average Bonchev–Trinajstić information content (AvgIpc) is 3.40. The molecule has 1 atom stereocenters. The summed E-state index contributed by atoms with van der Waals surface area (Å²) in [4.78, 5) is 17.8. The minimum atomic E-state index is -0.931. The van der Waals surface area contributed by atoms with E-state index in [0.29, 0.717) is 46.2 Å². The van der Waals surface area contributed by atoms with Gasteiger partial charge in [0.25, 0.3) is 0 Å². The third kappa shape index (κ3) is 5.06. The minimum absolute atomic E-state index is 0.462. The number of rotatable bonds is 6. The normalized spacial score (nSPS) is 17.1. The van der Waals surface area contributed by atoms with Gasteiger partial charge < -0.3 is 30.1 Å². The summed E-state index contributed by atoms with van der Waals surface area (Å²) >= 11 is 6.67. The van der Waals surface area contributed by atoms with Crippen molar-refractivity contribution in [1.82, 2.24) is 25.4 Å². The molecule has 2 aliphatic heterocycles. The number of hydrogen-bond acceptors (Lipinski definition) is 10. The molecule has 0 bridgehead atoms. The molecule has 1 unspecified atom stereocenters. The van der Waals surface area contributed by atoms with E-state index < -0.39 is 6.23 Å². The molecule has 10 nitrogen and oxygen atoms in total. The number of aryl methyl sites for hydroxylation is 1. The van der Waals surface area contributed by atoms with Gasteiger partial charge in [-0.15, -0.1) is 0 Å². The number of piperazine rings is 1. The number of anilines is 4. The molecule has 11 heteroatoms. The fourth-order valence-electron chi connectivity index (χ4n) is 4.95. The molecule has 1 saturated heterocycles. The number of halogens is 1. The van der Waals surface area contributed by atoms with Crippen molar-refractivity contribution in [3.05, 3.63) is 70.7 Å². The van der Waals surface area contributed by atoms with Gasteiger partial charge in [-0.2, -0.15) is 9.97 Å². The first-order valence-corrected chi connectivity index (χ1v) is 13.3. The zero-order chi connectivity index (χ0) is 26.9. The van der Waals surface area contributed by atoms with Crippen molar-refractivity contribution in [1.29, 1.82) is 0 Å². The Bertz CT molecular complexity index is 1510. The maximum Gasteiger partial charge on any atom is 0.229 e. The van der Waals surface area contributed by atoms with Gasteiger partial charge in [-0.25, -0.2) is 4.98 Å². The van der Waals surface area contributed by atoms with Crippen molar-refractivity contribution >= 4 is 46.4 Å². The smallest absolute Gasteiger partial charge is 0.229 e. The molecule has 2 aromatic heterocycles. The van der Waals surface area contributed by atoms with E-state index in [-0.39, 0.29) is 0 Å². The molecule has 200 valence electrons. The highest BCUT2D eigenvalue weighted by Crippen LogP contribution is 2.38. The van der Waals surface area contributed by atoms with E-state index in [0.717, 1.165) is 43.0 Å². The van der Waals surface area contributed by atoms with Crippen molar-refractivity contribution in [3.8, 4) is 11.4 Å². The quantitative estimate of drug-likeness (QED) is 0.324. The molecule has 2 aliphatic rings. The number of likely N-dealkylation sites (N-methyl/N-ethyl adjacent to an activating group) is 1.